The van der Waals surface area contributed by atoms with Crippen LogP contribution in [0.1, 0.15) is 79.3 Å². The molecule has 4 atom stereocenters. The monoisotopic (exact) mass is 724 g/mol. The lowest BCUT2D eigenvalue weighted by molar-refractivity contribution is 0.0780. The van der Waals surface area contributed by atoms with E-state index in [2.05, 4.69) is 147 Å². The molecule has 4 nitrogen and oxygen atoms in total. The maximum atomic E-state index is 10.2. The molecule has 3 aliphatic carbocycles. The van der Waals surface area contributed by atoms with Gasteiger partial charge in [0, 0.05) is 16.7 Å². The summed E-state index contributed by atoms with van der Waals surface area (Å²) in [6.45, 7) is 4.90. The van der Waals surface area contributed by atoms with Gasteiger partial charge in [-0.25, -0.2) is 15.0 Å². The zero-order valence-corrected chi connectivity index (χ0v) is 32.0. The molecular weight excluding hydrogens is 681 g/mol. The fourth-order valence-electron chi connectivity index (χ4n) is 11.2. The van der Waals surface area contributed by atoms with E-state index < -0.39 is 5.41 Å². The summed E-state index contributed by atoms with van der Waals surface area (Å²) in [7, 11) is 0. The number of nitrogens with zero attached hydrogens (tertiary/aromatic N) is 4. The quantitative estimate of drug-likeness (QED) is 0.171. The molecule has 0 saturated heterocycles. The van der Waals surface area contributed by atoms with Crippen LogP contribution in [0, 0.1) is 29.1 Å². The van der Waals surface area contributed by atoms with Gasteiger partial charge in [0.1, 0.15) is 0 Å². The highest BCUT2D eigenvalue weighted by atomic mass is 15.0. The van der Waals surface area contributed by atoms with Crippen molar-refractivity contribution in [2.45, 2.75) is 56.8 Å². The number of hydrogen-bond donors (Lipinski definition) is 0. The molecule has 0 aliphatic heterocycles. The molecule has 1 aromatic heterocycles. The molecule has 2 unspecified atom stereocenters. The van der Waals surface area contributed by atoms with Gasteiger partial charge in [-0.05, 0) is 106 Å². The van der Waals surface area contributed by atoms with Gasteiger partial charge in [0.05, 0.1) is 17.0 Å². The third-order valence-electron chi connectivity index (χ3n) is 13.0. The Morgan fingerprint density at radius 1 is 0.518 bits per heavy atom. The van der Waals surface area contributed by atoms with Crippen LogP contribution < -0.4 is 0 Å². The van der Waals surface area contributed by atoms with Crippen LogP contribution >= 0.6 is 0 Å². The molecule has 272 valence electrons. The second-order valence-electron chi connectivity index (χ2n) is 16.8. The Morgan fingerprint density at radius 2 is 1.09 bits per heavy atom. The molecule has 0 spiro atoms. The van der Waals surface area contributed by atoms with Crippen LogP contribution in [0.2, 0.25) is 0 Å². The van der Waals surface area contributed by atoms with Crippen molar-refractivity contribution in [2.75, 3.05) is 0 Å². The number of hydrogen-bond acceptors (Lipinski definition) is 4. The molecule has 0 amide bonds. The Hall–Kier alpha value is -6.18. The van der Waals surface area contributed by atoms with E-state index in [9.17, 15) is 5.26 Å². The second kappa shape index (κ2) is 13.5. The van der Waals surface area contributed by atoms with Crippen molar-refractivity contribution in [3.8, 4) is 51.4 Å². The Labute approximate surface area is 330 Å². The first-order chi connectivity index (χ1) is 27.4. The van der Waals surface area contributed by atoms with Gasteiger partial charge in [0.2, 0.25) is 0 Å². The predicted molar refractivity (Wildman–Crippen MR) is 225 cm³/mol. The summed E-state index contributed by atoms with van der Waals surface area (Å²) in [6.07, 6.45) is 6.57. The number of rotatable bonds is 6. The normalized spacial score (nSPS) is 21.8. The minimum atomic E-state index is -0.657. The number of nitriles is 1. The lowest BCUT2D eigenvalue weighted by Crippen LogP contribution is -2.42. The molecule has 7 aromatic rings. The first-order valence-corrected chi connectivity index (χ1v) is 20.2. The molecule has 0 N–H and O–H groups in total. The van der Waals surface area contributed by atoms with Gasteiger partial charge in [-0.15, -0.1) is 0 Å². The average Bonchev–Trinajstić information content (AvgIpc) is 3.54. The van der Waals surface area contributed by atoms with Crippen LogP contribution in [0.15, 0.2) is 152 Å². The van der Waals surface area contributed by atoms with Crippen molar-refractivity contribution in [1.29, 1.82) is 5.26 Å². The van der Waals surface area contributed by atoms with Crippen molar-refractivity contribution in [1.82, 2.24) is 15.0 Å². The molecule has 10 rings (SSSR count). The van der Waals surface area contributed by atoms with Gasteiger partial charge in [-0.1, -0.05) is 153 Å². The van der Waals surface area contributed by atoms with E-state index in [0.29, 0.717) is 23.0 Å². The molecule has 2 fully saturated rings. The Balaban J connectivity index is 1.18. The van der Waals surface area contributed by atoms with Crippen LogP contribution in [0.5, 0.6) is 0 Å². The van der Waals surface area contributed by atoms with Gasteiger partial charge in [-0.3, -0.25) is 0 Å². The molecule has 56 heavy (non-hydrogen) atoms. The standard InChI is InChI=1S/C52H44N4/c1-34-27-37-28-35(2)31-51(30-34,32-37)40-24-22-39(23-25-40)49-54-48(38-13-6-3-7-14-38)55-50(56-49)44-19-12-20-45-47(44)43-26-21-36(33-53)29-46(43)52(45,41-15-8-4-9-16-41)42-17-10-5-11-18-42/h3-26,29,34-35,37H,27-28,30-32H2,1-2H3/t34-,35+,37?,51?. The second-order valence-corrected chi connectivity index (χ2v) is 16.8. The van der Waals surface area contributed by atoms with Crippen molar-refractivity contribution < 1.29 is 0 Å². The number of aromatic nitrogens is 3. The fourth-order valence-corrected chi connectivity index (χ4v) is 11.2. The maximum Gasteiger partial charge on any atom is 0.164 e. The van der Waals surface area contributed by atoms with E-state index in [1.165, 1.54) is 37.7 Å². The minimum absolute atomic E-state index is 0.255. The SMILES string of the molecule is C[C@@H]1CC2C[C@H](C)CC(c3ccc(-c4nc(-c5ccccc5)nc(-c5cccc6c5-c5ccc(C#N)cc5C6(c5ccccc5)c5ccccc5)n4)cc3)(C2)C1. The van der Waals surface area contributed by atoms with Gasteiger partial charge >= 0.3 is 0 Å². The Kier molecular flexibility index (Phi) is 8.29. The predicted octanol–water partition coefficient (Wildman–Crippen LogP) is 12.2. The van der Waals surface area contributed by atoms with Crippen LogP contribution in [-0.4, -0.2) is 15.0 Å². The summed E-state index contributed by atoms with van der Waals surface area (Å²) < 4.78 is 0. The zero-order valence-electron chi connectivity index (χ0n) is 32.0. The van der Waals surface area contributed by atoms with Gasteiger partial charge in [-0.2, -0.15) is 5.26 Å². The summed E-state index contributed by atoms with van der Waals surface area (Å²) in [4.78, 5) is 15.7. The van der Waals surface area contributed by atoms with Crippen molar-refractivity contribution in [3.05, 3.63) is 185 Å². The summed E-state index contributed by atoms with van der Waals surface area (Å²) in [5.74, 6) is 4.28. The minimum Gasteiger partial charge on any atom is -0.208 e. The lowest BCUT2D eigenvalue weighted by Gasteiger charge is -2.50. The molecule has 1 heterocycles. The van der Waals surface area contributed by atoms with Crippen LogP contribution in [0.3, 0.4) is 0 Å². The molecule has 0 radical (unpaired) electrons. The topological polar surface area (TPSA) is 62.5 Å². The molecule has 3 aliphatic rings. The van der Waals surface area contributed by atoms with Crippen LogP contribution in [0.25, 0.3) is 45.3 Å². The number of fused-ring (bicyclic) bond motifs is 5. The smallest absolute Gasteiger partial charge is 0.164 e. The van der Waals surface area contributed by atoms with Crippen LogP contribution in [0.4, 0.5) is 0 Å². The van der Waals surface area contributed by atoms with Crippen molar-refractivity contribution in [2.24, 2.45) is 17.8 Å². The fraction of sp³-hybridized carbons (Fsp3) is 0.231. The van der Waals surface area contributed by atoms with Gasteiger partial charge in [0.25, 0.3) is 0 Å². The molecule has 2 saturated carbocycles. The van der Waals surface area contributed by atoms with E-state index in [-0.39, 0.29) is 5.41 Å². The third kappa shape index (κ3) is 5.52. The molecule has 6 aromatic carbocycles. The van der Waals surface area contributed by atoms with E-state index in [1.54, 1.807) is 0 Å². The van der Waals surface area contributed by atoms with E-state index in [0.717, 1.165) is 67.8 Å². The van der Waals surface area contributed by atoms with E-state index in [1.807, 2.05) is 24.3 Å². The Morgan fingerprint density at radius 3 is 1.70 bits per heavy atom. The van der Waals surface area contributed by atoms with Gasteiger partial charge in [0.15, 0.2) is 17.5 Å². The highest BCUT2D eigenvalue weighted by Gasteiger charge is 2.48. The van der Waals surface area contributed by atoms with E-state index >= 15 is 0 Å². The zero-order chi connectivity index (χ0) is 37.9. The summed E-state index contributed by atoms with van der Waals surface area (Å²) in [5, 5.41) is 10.2. The van der Waals surface area contributed by atoms with Gasteiger partial charge < -0.3 is 0 Å². The third-order valence-corrected chi connectivity index (χ3v) is 13.0. The largest absolute Gasteiger partial charge is 0.208 e. The average molecular weight is 725 g/mol. The van der Waals surface area contributed by atoms with Crippen molar-refractivity contribution in [3.63, 3.8) is 0 Å². The molecule has 4 heteroatoms. The first-order valence-electron chi connectivity index (χ1n) is 20.2. The first kappa shape index (κ1) is 34.3. The highest BCUT2D eigenvalue weighted by Crippen LogP contribution is 2.58. The Bertz CT molecular complexity index is 2550. The highest BCUT2D eigenvalue weighted by molar-refractivity contribution is 5.94. The lowest BCUT2D eigenvalue weighted by atomic mass is 9.54. The van der Waals surface area contributed by atoms with Crippen LogP contribution in [-0.2, 0) is 10.8 Å². The van der Waals surface area contributed by atoms with Crippen molar-refractivity contribution >= 4 is 0 Å². The molecule has 2 bridgehead atoms. The maximum absolute atomic E-state index is 10.2. The summed E-state index contributed by atoms with van der Waals surface area (Å²) >= 11 is 0. The van der Waals surface area contributed by atoms with E-state index in [4.69, 9.17) is 15.0 Å². The summed E-state index contributed by atoms with van der Waals surface area (Å²) in [5.41, 5.74) is 11.3. The molecular formula is C52H44N4. The summed E-state index contributed by atoms with van der Waals surface area (Å²) in [6, 6.07) is 55.9. The number of benzene rings is 6.